The fourth-order valence-electron chi connectivity index (χ4n) is 2.01. The number of nitrogens with two attached hydrogens (primary N) is 1. The SMILES string of the molecule is Cc1csc2c(NCC(N)CC(C)C)ncnc12. The molecule has 98 valence electrons. The van der Waals surface area contributed by atoms with Crippen LogP contribution in [0.3, 0.4) is 0 Å². The van der Waals surface area contributed by atoms with Crippen molar-refractivity contribution < 1.29 is 0 Å². The van der Waals surface area contributed by atoms with E-state index in [9.17, 15) is 0 Å². The Balaban J connectivity index is 2.08. The summed E-state index contributed by atoms with van der Waals surface area (Å²) >= 11 is 1.68. The van der Waals surface area contributed by atoms with Crippen LogP contribution in [0.5, 0.6) is 0 Å². The molecule has 1 atom stereocenters. The van der Waals surface area contributed by atoms with E-state index in [1.54, 1.807) is 17.7 Å². The van der Waals surface area contributed by atoms with Gasteiger partial charge in [0.25, 0.3) is 0 Å². The predicted molar refractivity (Wildman–Crippen MR) is 78.1 cm³/mol. The van der Waals surface area contributed by atoms with Crippen LogP contribution in [0.25, 0.3) is 10.2 Å². The van der Waals surface area contributed by atoms with Crippen molar-refractivity contribution in [2.75, 3.05) is 11.9 Å². The van der Waals surface area contributed by atoms with Gasteiger partial charge in [-0.25, -0.2) is 9.97 Å². The minimum absolute atomic E-state index is 0.163. The summed E-state index contributed by atoms with van der Waals surface area (Å²) in [7, 11) is 0. The van der Waals surface area contributed by atoms with Crippen molar-refractivity contribution in [3.63, 3.8) is 0 Å². The van der Waals surface area contributed by atoms with Crippen LogP contribution < -0.4 is 11.1 Å². The number of rotatable bonds is 5. The highest BCUT2D eigenvalue weighted by Gasteiger charge is 2.10. The first-order chi connectivity index (χ1) is 8.58. The van der Waals surface area contributed by atoms with Gasteiger partial charge in [0.1, 0.15) is 12.1 Å². The van der Waals surface area contributed by atoms with Crippen LogP contribution >= 0.6 is 11.3 Å². The largest absolute Gasteiger partial charge is 0.367 e. The Kier molecular flexibility index (Phi) is 4.14. The smallest absolute Gasteiger partial charge is 0.147 e. The predicted octanol–water partition coefficient (Wildman–Crippen LogP) is 2.79. The summed E-state index contributed by atoms with van der Waals surface area (Å²) in [6.07, 6.45) is 2.63. The van der Waals surface area contributed by atoms with Crippen LogP contribution in [0, 0.1) is 12.8 Å². The summed E-state index contributed by atoms with van der Waals surface area (Å²) in [5.41, 5.74) is 8.31. The summed E-state index contributed by atoms with van der Waals surface area (Å²) in [6.45, 7) is 7.19. The van der Waals surface area contributed by atoms with E-state index in [4.69, 9.17) is 5.73 Å². The maximum absolute atomic E-state index is 6.07. The van der Waals surface area contributed by atoms with Crippen LogP contribution in [-0.2, 0) is 0 Å². The molecule has 0 amide bonds. The van der Waals surface area contributed by atoms with Crippen molar-refractivity contribution in [2.24, 2.45) is 11.7 Å². The standard InChI is InChI=1S/C13H20N4S/c1-8(2)4-10(14)5-15-13-12-11(16-7-17-13)9(3)6-18-12/h6-8,10H,4-5,14H2,1-3H3,(H,15,16,17). The van der Waals surface area contributed by atoms with Gasteiger partial charge in [-0.2, -0.15) is 0 Å². The molecule has 0 radical (unpaired) electrons. The second-order valence-electron chi connectivity index (χ2n) is 5.09. The number of nitrogens with zero attached hydrogens (tertiary/aromatic N) is 2. The zero-order valence-electron chi connectivity index (χ0n) is 11.1. The van der Waals surface area contributed by atoms with Crippen LogP contribution in [0.4, 0.5) is 5.82 Å². The second kappa shape index (κ2) is 5.63. The maximum atomic E-state index is 6.07. The highest BCUT2D eigenvalue weighted by molar-refractivity contribution is 7.18. The minimum atomic E-state index is 0.163. The Labute approximate surface area is 112 Å². The molecule has 3 N–H and O–H groups in total. The number of fused-ring (bicyclic) bond motifs is 1. The molecule has 18 heavy (non-hydrogen) atoms. The number of nitrogens with one attached hydrogen (secondary N) is 1. The summed E-state index contributed by atoms with van der Waals surface area (Å²) < 4.78 is 1.12. The van der Waals surface area contributed by atoms with Gasteiger partial charge in [0, 0.05) is 12.6 Å². The minimum Gasteiger partial charge on any atom is -0.367 e. The normalized spacial score (nSPS) is 13.2. The zero-order chi connectivity index (χ0) is 13.1. The quantitative estimate of drug-likeness (QED) is 0.871. The van der Waals surface area contributed by atoms with Gasteiger partial charge in [-0.1, -0.05) is 13.8 Å². The molecule has 0 aliphatic carbocycles. The highest BCUT2D eigenvalue weighted by Crippen LogP contribution is 2.28. The molecule has 4 nitrogen and oxygen atoms in total. The van der Waals surface area contributed by atoms with Gasteiger partial charge in [-0.15, -0.1) is 11.3 Å². The molecule has 0 aromatic carbocycles. The Morgan fingerprint density at radius 2 is 2.17 bits per heavy atom. The number of anilines is 1. The lowest BCUT2D eigenvalue weighted by molar-refractivity contribution is 0.508. The van der Waals surface area contributed by atoms with E-state index in [-0.39, 0.29) is 6.04 Å². The second-order valence-corrected chi connectivity index (χ2v) is 5.97. The van der Waals surface area contributed by atoms with Gasteiger partial charge in [-0.05, 0) is 30.2 Å². The van der Waals surface area contributed by atoms with Gasteiger partial charge in [-0.3, -0.25) is 0 Å². The molecule has 2 aromatic heterocycles. The molecule has 0 aliphatic rings. The van der Waals surface area contributed by atoms with Gasteiger partial charge < -0.3 is 11.1 Å². The third-order valence-electron chi connectivity index (χ3n) is 2.84. The molecule has 0 bridgehead atoms. The Morgan fingerprint density at radius 3 is 2.89 bits per heavy atom. The molecule has 0 spiro atoms. The topological polar surface area (TPSA) is 63.8 Å². The zero-order valence-corrected chi connectivity index (χ0v) is 11.9. The van der Waals surface area contributed by atoms with E-state index < -0.39 is 0 Å². The van der Waals surface area contributed by atoms with Crippen LogP contribution in [0.15, 0.2) is 11.7 Å². The molecule has 1 unspecified atom stereocenters. The van der Waals surface area contributed by atoms with Crippen molar-refractivity contribution in [3.8, 4) is 0 Å². The molecule has 0 fully saturated rings. The molecule has 0 aliphatic heterocycles. The third kappa shape index (κ3) is 2.97. The summed E-state index contributed by atoms with van der Waals surface area (Å²) in [4.78, 5) is 8.61. The van der Waals surface area contributed by atoms with Gasteiger partial charge in [0.15, 0.2) is 0 Å². The Morgan fingerprint density at radius 1 is 1.39 bits per heavy atom. The fraction of sp³-hybridized carbons (Fsp3) is 0.538. The van der Waals surface area contributed by atoms with Crippen molar-refractivity contribution in [1.29, 1.82) is 0 Å². The van der Waals surface area contributed by atoms with Crippen molar-refractivity contribution in [3.05, 3.63) is 17.3 Å². The van der Waals surface area contributed by atoms with E-state index in [0.29, 0.717) is 5.92 Å². The monoisotopic (exact) mass is 264 g/mol. The van der Waals surface area contributed by atoms with E-state index in [2.05, 4.69) is 41.4 Å². The molecule has 2 heterocycles. The summed E-state index contributed by atoms with van der Waals surface area (Å²) in [5.74, 6) is 1.52. The number of aryl methyl sites for hydroxylation is 1. The molecule has 0 saturated carbocycles. The molecule has 0 saturated heterocycles. The molecule has 5 heteroatoms. The molecule has 2 aromatic rings. The Hall–Kier alpha value is -1.20. The van der Waals surface area contributed by atoms with Gasteiger partial charge in [0.2, 0.25) is 0 Å². The molecule has 2 rings (SSSR count). The van der Waals surface area contributed by atoms with Gasteiger partial charge in [0.05, 0.1) is 10.2 Å². The van der Waals surface area contributed by atoms with Gasteiger partial charge >= 0.3 is 0 Å². The molecular weight excluding hydrogens is 244 g/mol. The van der Waals surface area contributed by atoms with E-state index in [1.807, 2.05) is 0 Å². The average Bonchev–Trinajstić information content (AvgIpc) is 2.68. The van der Waals surface area contributed by atoms with E-state index >= 15 is 0 Å². The lowest BCUT2D eigenvalue weighted by Gasteiger charge is -2.15. The fourth-order valence-corrected chi connectivity index (χ4v) is 2.98. The number of hydrogen-bond acceptors (Lipinski definition) is 5. The van der Waals surface area contributed by atoms with Crippen LogP contribution in [0.2, 0.25) is 0 Å². The van der Waals surface area contributed by atoms with Crippen LogP contribution in [0.1, 0.15) is 25.8 Å². The first-order valence-electron chi connectivity index (χ1n) is 6.26. The van der Waals surface area contributed by atoms with E-state index in [0.717, 1.165) is 29.0 Å². The summed E-state index contributed by atoms with van der Waals surface area (Å²) in [5, 5.41) is 5.45. The Bertz CT molecular complexity index is 521. The number of aromatic nitrogens is 2. The first-order valence-corrected chi connectivity index (χ1v) is 7.14. The number of hydrogen-bond donors (Lipinski definition) is 2. The lowest BCUT2D eigenvalue weighted by Crippen LogP contribution is -2.30. The first kappa shape index (κ1) is 13.2. The average molecular weight is 264 g/mol. The molecular formula is C13H20N4S. The van der Waals surface area contributed by atoms with E-state index in [1.165, 1.54) is 5.56 Å². The van der Waals surface area contributed by atoms with Crippen molar-refractivity contribution in [2.45, 2.75) is 33.2 Å². The third-order valence-corrected chi connectivity index (χ3v) is 3.93. The summed E-state index contributed by atoms with van der Waals surface area (Å²) in [6, 6.07) is 0.163. The number of thiophene rings is 1. The maximum Gasteiger partial charge on any atom is 0.147 e. The van der Waals surface area contributed by atoms with Crippen molar-refractivity contribution >= 4 is 27.4 Å². The van der Waals surface area contributed by atoms with Crippen LogP contribution in [-0.4, -0.2) is 22.6 Å². The van der Waals surface area contributed by atoms with Crippen molar-refractivity contribution in [1.82, 2.24) is 9.97 Å². The lowest BCUT2D eigenvalue weighted by atomic mass is 10.0. The highest BCUT2D eigenvalue weighted by atomic mass is 32.1.